The van der Waals surface area contributed by atoms with E-state index in [0.29, 0.717) is 24.7 Å². The fraction of sp³-hybridized carbons (Fsp3) is 0.353. The van der Waals surface area contributed by atoms with Crippen LogP contribution in [0.25, 0.3) is 0 Å². The van der Waals surface area contributed by atoms with Crippen LogP contribution in [0.5, 0.6) is 11.6 Å². The Morgan fingerprint density at radius 1 is 1.25 bits per heavy atom. The van der Waals surface area contributed by atoms with Crippen molar-refractivity contribution in [2.75, 3.05) is 19.7 Å². The molecule has 1 aliphatic rings. The lowest BCUT2D eigenvalue weighted by Crippen LogP contribution is -2.34. The Labute approximate surface area is 139 Å². The van der Waals surface area contributed by atoms with E-state index in [9.17, 15) is 9.18 Å². The minimum Gasteiger partial charge on any atom is -0.484 e. The topological polar surface area (TPSA) is 64.5 Å². The van der Waals surface area contributed by atoms with Crippen molar-refractivity contribution < 1.29 is 18.7 Å². The first kappa shape index (κ1) is 16.2. The Bertz CT molecular complexity index is 691. The van der Waals surface area contributed by atoms with Gasteiger partial charge in [-0.25, -0.2) is 4.39 Å². The molecule has 24 heavy (non-hydrogen) atoms. The molecule has 1 amide bonds. The fourth-order valence-corrected chi connectivity index (χ4v) is 2.44. The summed E-state index contributed by atoms with van der Waals surface area (Å²) in [5.41, 5.74) is 0.823. The lowest BCUT2D eigenvalue weighted by atomic mass is 10.3. The monoisotopic (exact) mass is 331 g/mol. The third-order valence-corrected chi connectivity index (χ3v) is 3.73. The number of hydrogen-bond donors (Lipinski definition) is 0. The molecule has 0 N–H and O–H groups in total. The standard InChI is InChI=1S/C17H18FN3O3/c1-12-2-7-16(20-19-12)24-15-8-9-21(10-15)17(22)11-23-14-5-3-13(18)4-6-14/h2-7,15H,8-11H2,1H3/t15-/m1/s1. The molecule has 2 heterocycles. The number of benzene rings is 1. The molecule has 3 rings (SSSR count). The molecule has 0 unspecified atom stereocenters. The predicted octanol–water partition coefficient (Wildman–Crippen LogP) is 1.98. The Morgan fingerprint density at radius 2 is 2.04 bits per heavy atom. The van der Waals surface area contributed by atoms with Gasteiger partial charge in [-0.15, -0.1) is 5.10 Å². The average molecular weight is 331 g/mol. The van der Waals surface area contributed by atoms with Crippen LogP contribution in [-0.2, 0) is 4.79 Å². The summed E-state index contributed by atoms with van der Waals surface area (Å²) in [5.74, 6) is 0.460. The molecule has 1 atom stereocenters. The Morgan fingerprint density at radius 3 is 2.75 bits per heavy atom. The summed E-state index contributed by atoms with van der Waals surface area (Å²) in [7, 11) is 0. The number of carbonyl (C=O) groups excluding carboxylic acids is 1. The number of amides is 1. The van der Waals surface area contributed by atoms with Crippen molar-refractivity contribution in [1.29, 1.82) is 0 Å². The van der Waals surface area contributed by atoms with Crippen LogP contribution < -0.4 is 9.47 Å². The maximum absolute atomic E-state index is 12.8. The molecule has 1 saturated heterocycles. The zero-order valence-electron chi connectivity index (χ0n) is 13.3. The summed E-state index contributed by atoms with van der Waals surface area (Å²) < 4.78 is 23.9. The van der Waals surface area contributed by atoms with Crippen molar-refractivity contribution in [1.82, 2.24) is 15.1 Å². The normalized spacial score (nSPS) is 16.9. The Balaban J connectivity index is 1.46. The smallest absolute Gasteiger partial charge is 0.260 e. The number of aromatic nitrogens is 2. The first-order valence-corrected chi connectivity index (χ1v) is 7.73. The van der Waals surface area contributed by atoms with Gasteiger partial charge in [-0.3, -0.25) is 4.79 Å². The summed E-state index contributed by atoms with van der Waals surface area (Å²) in [5, 5.41) is 7.91. The van der Waals surface area contributed by atoms with E-state index < -0.39 is 0 Å². The lowest BCUT2D eigenvalue weighted by molar-refractivity contribution is -0.132. The first-order valence-electron chi connectivity index (χ1n) is 7.73. The fourth-order valence-electron chi connectivity index (χ4n) is 2.44. The maximum Gasteiger partial charge on any atom is 0.260 e. The molecule has 0 saturated carbocycles. The number of ether oxygens (including phenoxy) is 2. The van der Waals surface area contributed by atoms with Gasteiger partial charge in [0.1, 0.15) is 17.7 Å². The van der Waals surface area contributed by atoms with Gasteiger partial charge < -0.3 is 14.4 Å². The van der Waals surface area contributed by atoms with E-state index >= 15 is 0 Å². The van der Waals surface area contributed by atoms with Crippen LogP contribution in [0.1, 0.15) is 12.1 Å². The second-order valence-electron chi connectivity index (χ2n) is 5.62. The number of likely N-dealkylation sites (tertiary alicyclic amines) is 1. The average Bonchev–Trinajstić information content (AvgIpc) is 3.05. The predicted molar refractivity (Wildman–Crippen MR) is 84.3 cm³/mol. The summed E-state index contributed by atoms with van der Waals surface area (Å²) >= 11 is 0. The van der Waals surface area contributed by atoms with Crippen LogP contribution in [0.2, 0.25) is 0 Å². The van der Waals surface area contributed by atoms with Crippen molar-refractivity contribution >= 4 is 5.91 Å². The highest BCUT2D eigenvalue weighted by molar-refractivity contribution is 5.78. The molecular formula is C17H18FN3O3. The van der Waals surface area contributed by atoms with Gasteiger partial charge in [0.05, 0.1) is 12.2 Å². The highest BCUT2D eigenvalue weighted by Crippen LogP contribution is 2.17. The zero-order chi connectivity index (χ0) is 16.9. The Kier molecular flexibility index (Phi) is 4.88. The molecular weight excluding hydrogens is 313 g/mol. The summed E-state index contributed by atoms with van der Waals surface area (Å²) in [6, 6.07) is 9.18. The molecule has 1 aromatic heterocycles. The number of aryl methyl sites for hydroxylation is 1. The maximum atomic E-state index is 12.8. The molecule has 126 valence electrons. The van der Waals surface area contributed by atoms with Crippen molar-refractivity contribution in [3.8, 4) is 11.6 Å². The number of carbonyl (C=O) groups is 1. The molecule has 0 bridgehead atoms. The molecule has 1 aromatic carbocycles. The van der Waals surface area contributed by atoms with Gasteiger partial charge in [-0.05, 0) is 37.3 Å². The quantitative estimate of drug-likeness (QED) is 0.838. The molecule has 2 aromatic rings. The minimum atomic E-state index is -0.340. The van der Waals surface area contributed by atoms with E-state index in [2.05, 4.69) is 10.2 Å². The molecule has 6 nitrogen and oxygen atoms in total. The van der Waals surface area contributed by atoms with Gasteiger partial charge in [0.2, 0.25) is 5.88 Å². The third-order valence-electron chi connectivity index (χ3n) is 3.73. The van der Waals surface area contributed by atoms with Gasteiger partial charge in [0, 0.05) is 19.0 Å². The van der Waals surface area contributed by atoms with E-state index in [0.717, 1.165) is 12.1 Å². The number of hydrogen-bond acceptors (Lipinski definition) is 5. The van der Waals surface area contributed by atoms with Crippen LogP contribution in [0.4, 0.5) is 4.39 Å². The second kappa shape index (κ2) is 7.25. The van der Waals surface area contributed by atoms with Gasteiger partial charge in [0.25, 0.3) is 5.91 Å². The number of rotatable bonds is 5. The van der Waals surface area contributed by atoms with E-state index in [-0.39, 0.29) is 24.4 Å². The molecule has 0 radical (unpaired) electrons. The largest absolute Gasteiger partial charge is 0.484 e. The van der Waals surface area contributed by atoms with Crippen molar-refractivity contribution in [3.63, 3.8) is 0 Å². The minimum absolute atomic E-state index is 0.0807. The van der Waals surface area contributed by atoms with E-state index in [1.54, 1.807) is 11.0 Å². The number of nitrogens with zero attached hydrogens (tertiary/aromatic N) is 3. The lowest BCUT2D eigenvalue weighted by Gasteiger charge is -2.17. The van der Waals surface area contributed by atoms with Gasteiger partial charge in [0.15, 0.2) is 6.61 Å². The van der Waals surface area contributed by atoms with Gasteiger partial charge >= 0.3 is 0 Å². The Hall–Kier alpha value is -2.70. The zero-order valence-corrected chi connectivity index (χ0v) is 13.3. The molecule has 7 heteroatoms. The first-order chi connectivity index (χ1) is 11.6. The van der Waals surface area contributed by atoms with Crippen LogP contribution in [0.15, 0.2) is 36.4 Å². The van der Waals surface area contributed by atoms with Crippen molar-refractivity contribution in [2.24, 2.45) is 0 Å². The van der Waals surface area contributed by atoms with Crippen LogP contribution in [0, 0.1) is 12.7 Å². The van der Waals surface area contributed by atoms with Crippen LogP contribution in [0.3, 0.4) is 0 Å². The number of halogens is 1. The van der Waals surface area contributed by atoms with E-state index in [1.165, 1.54) is 24.3 Å². The SMILES string of the molecule is Cc1ccc(O[C@@H]2CCN(C(=O)COc3ccc(F)cc3)C2)nn1. The van der Waals surface area contributed by atoms with Gasteiger partial charge in [-0.1, -0.05) is 0 Å². The molecule has 0 aliphatic carbocycles. The van der Waals surface area contributed by atoms with Gasteiger partial charge in [-0.2, -0.15) is 5.10 Å². The summed E-state index contributed by atoms with van der Waals surface area (Å²) in [4.78, 5) is 13.9. The van der Waals surface area contributed by atoms with E-state index in [1.807, 2.05) is 13.0 Å². The molecule has 1 aliphatic heterocycles. The highest BCUT2D eigenvalue weighted by atomic mass is 19.1. The van der Waals surface area contributed by atoms with Crippen molar-refractivity contribution in [2.45, 2.75) is 19.4 Å². The van der Waals surface area contributed by atoms with E-state index in [4.69, 9.17) is 9.47 Å². The van der Waals surface area contributed by atoms with Crippen molar-refractivity contribution in [3.05, 3.63) is 47.9 Å². The second-order valence-corrected chi connectivity index (χ2v) is 5.62. The third kappa shape index (κ3) is 4.18. The molecule has 0 spiro atoms. The highest BCUT2D eigenvalue weighted by Gasteiger charge is 2.28. The summed E-state index contributed by atoms with van der Waals surface area (Å²) in [6.45, 7) is 2.87. The van der Waals surface area contributed by atoms with Crippen LogP contribution in [-0.4, -0.2) is 46.8 Å². The summed E-state index contributed by atoms with van der Waals surface area (Å²) in [6.07, 6.45) is 0.634. The van der Waals surface area contributed by atoms with Crippen LogP contribution >= 0.6 is 0 Å². The molecule has 1 fully saturated rings.